The maximum absolute atomic E-state index is 12.2. The summed E-state index contributed by atoms with van der Waals surface area (Å²) in [4.78, 5) is 12.2. The van der Waals surface area contributed by atoms with Crippen molar-refractivity contribution in [1.82, 2.24) is 0 Å². The van der Waals surface area contributed by atoms with Crippen molar-refractivity contribution < 1.29 is 19.1 Å². The van der Waals surface area contributed by atoms with Crippen LogP contribution >= 0.6 is 0 Å². The Kier molecular flexibility index (Phi) is 4.26. The Labute approximate surface area is 142 Å². The first-order valence-corrected chi connectivity index (χ1v) is 8.30. The Hall–Kier alpha value is -2.07. The lowest BCUT2D eigenvalue weighted by atomic mass is 9.86. The summed E-state index contributed by atoms with van der Waals surface area (Å²) in [6.45, 7) is 13.8. The highest BCUT2D eigenvalue weighted by atomic mass is 16.5. The number of aliphatic hydroxyl groups is 1. The second kappa shape index (κ2) is 6.10. The smallest absolute Gasteiger partial charge is 0.334 e. The number of furan rings is 1. The predicted molar refractivity (Wildman–Crippen MR) is 91.5 cm³/mol. The van der Waals surface area contributed by atoms with Gasteiger partial charge in [-0.05, 0) is 51.3 Å². The molecule has 3 rings (SSSR count). The van der Waals surface area contributed by atoms with Crippen LogP contribution in [0.3, 0.4) is 0 Å². The molecule has 1 aromatic rings. The van der Waals surface area contributed by atoms with Crippen molar-refractivity contribution in [3.63, 3.8) is 0 Å². The maximum atomic E-state index is 12.2. The van der Waals surface area contributed by atoms with Crippen molar-refractivity contribution in [3.8, 4) is 0 Å². The number of aryl methyl sites for hydroxylation is 1. The molecule has 4 atom stereocenters. The van der Waals surface area contributed by atoms with Crippen LogP contribution in [0.1, 0.15) is 55.8 Å². The molecule has 1 aromatic heterocycles. The number of ether oxygens (including phenoxy) is 1. The average molecular weight is 328 g/mol. The fraction of sp³-hybridized carbons (Fsp3) is 0.450. The molecule has 0 saturated heterocycles. The quantitative estimate of drug-likeness (QED) is 0.655. The zero-order valence-corrected chi connectivity index (χ0v) is 14.5. The van der Waals surface area contributed by atoms with Crippen molar-refractivity contribution >= 4 is 5.97 Å². The molecule has 0 amide bonds. The van der Waals surface area contributed by atoms with Gasteiger partial charge in [-0.1, -0.05) is 24.3 Å². The highest BCUT2D eigenvalue weighted by Gasteiger charge is 2.38. The normalized spacial score (nSPS) is 29.5. The van der Waals surface area contributed by atoms with Gasteiger partial charge in [0.25, 0.3) is 0 Å². The lowest BCUT2D eigenvalue weighted by Gasteiger charge is -2.23. The number of carbonyl (C=O) groups is 1. The molecule has 24 heavy (non-hydrogen) atoms. The minimum atomic E-state index is -0.768. The van der Waals surface area contributed by atoms with Crippen molar-refractivity contribution in [2.24, 2.45) is 5.92 Å². The number of esters is 1. The van der Waals surface area contributed by atoms with E-state index in [0.717, 1.165) is 16.7 Å². The Morgan fingerprint density at radius 2 is 2.00 bits per heavy atom. The summed E-state index contributed by atoms with van der Waals surface area (Å²) in [5.74, 6) is 0.541. The molecule has 0 spiro atoms. The Balaban J connectivity index is 2.13. The molecule has 0 fully saturated rings. The molecule has 2 aliphatic rings. The molecular formula is C20H24O4. The zero-order valence-electron chi connectivity index (χ0n) is 14.5. The summed E-state index contributed by atoms with van der Waals surface area (Å²) < 4.78 is 11.6. The van der Waals surface area contributed by atoms with Crippen LogP contribution in [0.15, 0.2) is 46.4 Å². The highest BCUT2D eigenvalue weighted by molar-refractivity contribution is 5.91. The lowest BCUT2D eigenvalue weighted by Crippen LogP contribution is -2.19. The summed E-state index contributed by atoms with van der Waals surface area (Å²) in [6, 6.07) is 1.91. The molecule has 4 bridgehead atoms. The van der Waals surface area contributed by atoms with E-state index in [4.69, 9.17) is 9.15 Å². The molecule has 0 saturated carbocycles. The number of carbonyl (C=O) groups excluding carboxylic acids is 1. The standard InChI is InChI=1S/C20H24O4/c1-10(2)14-7-6-13-9-16(24-20(13)22)17(11(3)4)15-8-12(5)19(23-15)18(14)21/h8-9,14,16-18,21H,1,3,6-7H2,2,4-5H3/t14-,16-,17-,18-/m0/s1. The minimum absolute atomic E-state index is 0.170. The van der Waals surface area contributed by atoms with Gasteiger partial charge in [0.15, 0.2) is 0 Å². The van der Waals surface area contributed by atoms with Crippen LogP contribution in [0, 0.1) is 12.8 Å². The van der Waals surface area contributed by atoms with E-state index in [1.54, 1.807) is 0 Å². The predicted octanol–water partition coefficient (Wildman–Crippen LogP) is 4.12. The van der Waals surface area contributed by atoms with Gasteiger partial charge < -0.3 is 14.3 Å². The number of aliphatic hydroxyl groups excluding tert-OH is 1. The van der Waals surface area contributed by atoms with Crippen molar-refractivity contribution in [1.29, 1.82) is 0 Å². The van der Waals surface area contributed by atoms with Gasteiger partial charge in [-0.3, -0.25) is 0 Å². The molecule has 0 unspecified atom stereocenters. The first-order chi connectivity index (χ1) is 11.3. The van der Waals surface area contributed by atoms with E-state index in [1.807, 2.05) is 32.9 Å². The van der Waals surface area contributed by atoms with Crippen LogP contribution in [-0.2, 0) is 9.53 Å². The molecule has 1 N–H and O–H groups in total. The molecule has 2 aliphatic heterocycles. The van der Waals surface area contributed by atoms with Gasteiger partial charge in [-0.2, -0.15) is 0 Å². The third-order valence-corrected chi connectivity index (χ3v) is 5.02. The van der Waals surface area contributed by atoms with Crippen molar-refractivity contribution in [2.75, 3.05) is 0 Å². The second-order valence-corrected chi connectivity index (χ2v) is 7.02. The van der Waals surface area contributed by atoms with Crippen LogP contribution in [0.2, 0.25) is 0 Å². The van der Waals surface area contributed by atoms with E-state index in [-0.39, 0.29) is 17.8 Å². The summed E-state index contributed by atoms with van der Waals surface area (Å²) in [5.41, 5.74) is 3.28. The topological polar surface area (TPSA) is 59.7 Å². The molecule has 4 nitrogen and oxygen atoms in total. The number of hydrogen-bond donors (Lipinski definition) is 1. The largest absolute Gasteiger partial charge is 0.462 e. The summed E-state index contributed by atoms with van der Waals surface area (Å²) in [5, 5.41) is 10.8. The third-order valence-electron chi connectivity index (χ3n) is 5.02. The molecule has 3 heterocycles. The fourth-order valence-corrected chi connectivity index (χ4v) is 3.67. The van der Waals surface area contributed by atoms with Crippen LogP contribution < -0.4 is 0 Å². The zero-order chi connectivity index (χ0) is 17.6. The van der Waals surface area contributed by atoms with Crippen LogP contribution in [0.25, 0.3) is 0 Å². The SMILES string of the molecule is C=C(C)[C@@H]1CCC2=C[C@H](OC2=O)[C@@H](C(=C)C)c2cc(C)c(o2)[C@H]1O. The number of rotatable bonds is 2. The lowest BCUT2D eigenvalue weighted by molar-refractivity contribution is -0.140. The molecule has 0 radical (unpaired) electrons. The third kappa shape index (κ3) is 2.75. The molecule has 128 valence electrons. The summed E-state index contributed by atoms with van der Waals surface area (Å²) in [7, 11) is 0. The first-order valence-electron chi connectivity index (χ1n) is 8.30. The average Bonchev–Trinajstić information content (AvgIpc) is 3.01. The van der Waals surface area contributed by atoms with E-state index in [0.29, 0.717) is 29.9 Å². The van der Waals surface area contributed by atoms with Gasteiger partial charge in [-0.25, -0.2) is 4.79 Å². The van der Waals surface area contributed by atoms with Crippen LogP contribution in [0.5, 0.6) is 0 Å². The van der Waals surface area contributed by atoms with Gasteiger partial charge >= 0.3 is 5.97 Å². The summed E-state index contributed by atoms with van der Waals surface area (Å²) >= 11 is 0. The Morgan fingerprint density at radius 3 is 2.62 bits per heavy atom. The molecular weight excluding hydrogens is 304 g/mol. The van der Waals surface area contributed by atoms with Crippen LogP contribution in [-0.4, -0.2) is 17.2 Å². The molecule has 0 aliphatic carbocycles. The summed E-state index contributed by atoms with van der Waals surface area (Å²) in [6.07, 6.45) is 1.89. The number of fused-ring (bicyclic) bond motifs is 3. The van der Waals surface area contributed by atoms with Crippen molar-refractivity contribution in [3.05, 3.63) is 59.1 Å². The van der Waals surface area contributed by atoms with Crippen molar-refractivity contribution in [2.45, 2.75) is 51.7 Å². The maximum Gasteiger partial charge on any atom is 0.334 e. The van der Waals surface area contributed by atoms with E-state index in [9.17, 15) is 9.90 Å². The van der Waals surface area contributed by atoms with Gasteiger partial charge in [0.2, 0.25) is 0 Å². The second-order valence-electron chi connectivity index (χ2n) is 7.02. The van der Waals surface area contributed by atoms with E-state index in [2.05, 4.69) is 13.2 Å². The van der Waals surface area contributed by atoms with Gasteiger partial charge in [0.1, 0.15) is 23.7 Å². The Bertz CT molecular complexity index is 737. The van der Waals surface area contributed by atoms with Gasteiger partial charge in [-0.15, -0.1) is 0 Å². The first kappa shape index (κ1) is 16.8. The number of hydrogen-bond acceptors (Lipinski definition) is 4. The van der Waals surface area contributed by atoms with E-state index in [1.165, 1.54) is 0 Å². The monoisotopic (exact) mass is 328 g/mol. The van der Waals surface area contributed by atoms with Gasteiger partial charge in [0.05, 0.1) is 5.92 Å². The fourth-order valence-electron chi connectivity index (χ4n) is 3.67. The molecule has 0 aromatic carbocycles. The highest BCUT2D eigenvalue weighted by Crippen LogP contribution is 2.42. The van der Waals surface area contributed by atoms with Gasteiger partial charge in [0, 0.05) is 11.5 Å². The van der Waals surface area contributed by atoms with E-state index < -0.39 is 12.2 Å². The minimum Gasteiger partial charge on any atom is -0.462 e. The molecule has 4 heteroatoms. The van der Waals surface area contributed by atoms with Crippen LogP contribution in [0.4, 0.5) is 0 Å². The Morgan fingerprint density at radius 1 is 1.29 bits per heavy atom. The van der Waals surface area contributed by atoms with E-state index >= 15 is 0 Å².